The summed E-state index contributed by atoms with van der Waals surface area (Å²) in [5.74, 6) is -0.184. The highest BCUT2D eigenvalue weighted by Crippen LogP contribution is 2.20. The predicted octanol–water partition coefficient (Wildman–Crippen LogP) is 1.71. The van der Waals surface area contributed by atoms with Crippen molar-refractivity contribution in [2.24, 2.45) is 0 Å². The molecule has 0 aliphatic heterocycles. The third kappa shape index (κ3) is 3.11. The van der Waals surface area contributed by atoms with E-state index in [-0.39, 0.29) is 22.9 Å². The Morgan fingerprint density at radius 3 is 2.54 bits per heavy atom. The molecule has 2 rings (SSSR count). The van der Waals surface area contributed by atoms with Gasteiger partial charge < -0.3 is 4.90 Å². The maximum absolute atomic E-state index is 12.7. The fourth-order valence-corrected chi connectivity index (χ4v) is 2.54. The topological polar surface area (TPSA) is 88.1 Å². The number of amides is 1. The molecule has 7 nitrogen and oxygen atoms in total. The lowest BCUT2D eigenvalue weighted by Gasteiger charge is -2.18. The third-order valence-corrected chi connectivity index (χ3v) is 4.06. The second-order valence-corrected chi connectivity index (χ2v) is 6.18. The van der Waals surface area contributed by atoms with E-state index in [4.69, 9.17) is 0 Å². The first-order valence-corrected chi connectivity index (χ1v) is 8.25. The summed E-state index contributed by atoms with van der Waals surface area (Å²) in [6.07, 6.45) is 0.715. The number of H-pyrrole nitrogens is 1. The maximum atomic E-state index is 12.7. The van der Waals surface area contributed by atoms with E-state index in [0.29, 0.717) is 30.8 Å². The molecule has 0 aliphatic rings. The standard InChI is InChI=1S/C17H24N4O3/c1-6-8-21-14-13(15(22)19-17(21)24)11(16(23)20(5)7-2)9-12(18-14)10(3)4/h9-10H,6-8H2,1-5H3,(H,19,22,24). The molecule has 2 heterocycles. The van der Waals surface area contributed by atoms with Gasteiger partial charge in [0.1, 0.15) is 0 Å². The molecule has 1 amide bonds. The molecule has 0 bridgehead atoms. The van der Waals surface area contributed by atoms with Crippen molar-refractivity contribution in [1.82, 2.24) is 19.4 Å². The summed E-state index contributed by atoms with van der Waals surface area (Å²) in [5, 5.41) is 0.178. The molecule has 0 atom stereocenters. The predicted molar refractivity (Wildman–Crippen MR) is 93.6 cm³/mol. The number of fused-ring (bicyclic) bond motifs is 1. The van der Waals surface area contributed by atoms with Crippen LogP contribution in [0.3, 0.4) is 0 Å². The van der Waals surface area contributed by atoms with Crippen LogP contribution in [0.2, 0.25) is 0 Å². The average molecular weight is 332 g/mol. The van der Waals surface area contributed by atoms with Crippen molar-refractivity contribution in [2.75, 3.05) is 13.6 Å². The number of nitrogens with zero attached hydrogens (tertiary/aromatic N) is 3. The van der Waals surface area contributed by atoms with E-state index in [1.54, 1.807) is 13.1 Å². The molecule has 1 N–H and O–H groups in total. The Morgan fingerprint density at radius 1 is 1.33 bits per heavy atom. The minimum atomic E-state index is -0.571. The van der Waals surface area contributed by atoms with Crippen LogP contribution < -0.4 is 11.2 Å². The van der Waals surface area contributed by atoms with Gasteiger partial charge in [-0.25, -0.2) is 9.78 Å². The lowest BCUT2D eigenvalue weighted by atomic mass is 10.0. The van der Waals surface area contributed by atoms with Crippen LogP contribution in [0.1, 0.15) is 56.1 Å². The summed E-state index contributed by atoms with van der Waals surface area (Å²) in [6, 6.07) is 1.66. The number of carbonyl (C=O) groups excluding carboxylic acids is 1. The van der Waals surface area contributed by atoms with Crippen LogP contribution in [-0.2, 0) is 6.54 Å². The highest BCUT2D eigenvalue weighted by molar-refractivity contribution is 6.05. The van der Waals surface area contributed by atoms with Crippen LogP contribution in [0.15, 0.2) is 15.7 Å². The molecule has 0 saturated carbocycles. The summed E-state index contributed by atoms with van der Waals surface area (Å²) in [5.41, 5.74) is 0.192. The van der Waals surface area contributed by atoms with Gasteiger partial charge in [0.05, 0.1) is 10.9 Å². The van der Waals surface area contributed by atoms with Crippen molar-refractivity contribution >= 4 is 16.9 Å². The molecule has 0 fully saturated rings. The van der Waals surface area contributed by atoms with Gasteiger partial charge in [-0.15, -0.1) is 0 Å². The van der Waals surface area contributed by atoms with Crippen LogP contribution >= 0.6 is 0 Å². The highest BCUT2D eigenvalue weighted by atomic mass is 16.2. The van der Waals surface area contributed by atoms with Crippen molar-refractivity contribution in [1.29, 1.82) is 0 Å². The molecule has 0 radical (unpaired) electrons. The van der Waals surface area contributed by atoms with Gasteiger partial charge in [0.15, 0.2) is 5.65 Å². The Balaban J connectivity index is 2.96. The molecule has 0 aromatic carbocycles. The zero-order valence-corrected chi connectivity index (χ0v) is 14.8. The zero-order valence-electron chi connectivity index (χ0n) is 14.8. The van der Waals surface area contributed by atoms with Crippen LogP contribution in [0.5, 0.6) is 0 Å². The van der Waals surface area contributed by atoms with Gasteiger partial charge in [-0.2, -0.15) is 0 Å². The number of hydrogen-bond donors (Lipinski definition) is 1. The van der Waals surface area contributed by atoms with Crippen molar-refractivity contribution in [3.63, 3.8) is 0 Å². The number of pyridine rings is 1. The minimum Gasteiger partial charge on any atom is -0.342 e. The molecule has 130 valence electrons. The second kappa shape index (κ2) is 6.98. The van der Waals surface area contributed by atoms with Gasteiger partial charge in [0.2, 0.25) is 0 Å². The highest BCUT2D eigenvalue weighted by Gasteiger charge is 2.21. The van der Waals surface area contributed by atoms with Crippen molar-refractivity contribution < 1.29 is 4.79 Å². The summed E-state index contributed by atoms with van der Waals surface area (Å²) in [7, 11) is 1.68. The van der Waals surface area contributed by atoms with Crippen LogP contribution in [0.4, 0.5) is 0 Å². The Hall–Kier alpha value is -2.44. The monoisotopic (exact) mass is 332 g/mol. The van der Waals surface area contributed by atoms with E-state index in [1.807, 2.05) is 27.7 Å². The smallest absolute Gasteiger partial charge is 0.329 e. The number of aromatic amines is 1. The lowest BCUT2D eigenvalue weighted by Crippen LogP contribution is -2.34. The van der Waals surface area contributed by atoms with E-state index in [1.165, 1.54) is 9.47 Å². The summed E-state index contributed by atoms with van der Waals surface area (Å²) < 4.78 is 1.44. The van der Waals surface area contributed by atoms with Gasteiger partial charge in [0, 0.05) is 25.8 Å². The first-order valence-electron chi connectivity index (χ1n) is 8.25. The molecule has 0 saturated heterocycles. The number of rotatable bonds is 5. The fourth-order valence-electron chi connectivity index (χ4n) is 2.54. The van der Waals surface area contributed by atoms with Gasteiger partial charge in [-0.05, 0) is 25.3 Å². The van der Waals surface area contributed by atoms with Crippen molar-refractivity contribution in [3.8, 4) is 0 Å². The van der Waals surface area contributed by atoms with Crippen molar-refractivity contribution in [2.45, 2.75) is 46.6 Å². The summed E-state index contributed by atoms with van der Waals surface area (Å²) in [4.78, 5) is 45.7. The molecule has 7 heteroatoms. The molecular weight excluding hydrogens is 308 g/mol. The molecular formula is C17H24N4O3. The number of carbonyl (C=O) groups is 1. The van der Waals surface area contributed by atoms with Gasteiger partial charge in [-0.3, -0.25) is 19.1 Å². The molecule has 0 unspecified atom stereocenters. The average Bonchev–Trinajstić information content (AvgIpc) is 2.55. The number of aromatic nitrogens is 3. The maximum Gasteiger partial charge on any atom is 0.329 e. The van der Waals surface area contributed by atoms with Crippen LogP contribution in [0, 0.1) is 0 Å². The Morgan fingerprint density at radius 2 is 2.00 bits per heavy atom. The molecule has 2 aromatic rings. The molecule has 24 heavy (non-hydrogen) atoms. The van der Waals surface area contributed by atoms with E-state index in [0.717, 1.165) is 0 Å². The Kier molecular flexibility index (Phi) is 5.21. The second-order valence-electron chi connectivity index (χ2n) is 6.18. The van der Waals surface area contributed by atoms with E-state index in [2.05, 4.69) is 9.97 Å². The van der Waals surface area contributed by atoms with Crippen LogP contribution in [0.25, 0.3) is 11.0 Å². The molecule has 0 spiro atoms. The Bertz CT molecular complexity index is 880. The molecule has 2 aromatic heterocycles. The fraction of sp³-hybridized carbons (Fsp3) is 0.529. The number of nitrogens with one attached hydrogen (secondary N) is 1. The third-order valence-electron chi connectivity index (χ3n) is 4.06. The zero-order chi connectivity index (χ0) is 18.0. The van der Waals surface area contributed by atoms with Crippen LogP contribution in [-0.4, -0.2) is 38.9 Å². The number of aryl methyl sites for hydroxylation is 1. The minimum absolute atomic E-state index is 0.0670. The first kappa shape index (κ1) is 17.9. The summed E-state index contributed by atoms with van der Waals surface area (Å²) in [6.45, 7) is 8.67. The largest absolute Gasteiger partial charge is 0.342 e. The van der Waals surface area contributed by atoms with E-state index >= 15 is 0 Å². The SMILES string of the molecule is CCCn1c(=O)[nH]c(=O)c2c(C(=O)N(C)CC)cc(C(C)C)nc21. The van der Waals surface area contributed by atoms with Gasteiger partial charge in [-0.1, -0.05) is 20.8 Å². The summed E-state index contributed by atoms with van der Waals surface area (Å²) >= 11 is 0. The van der Waals surface area contributed by atoms with E-state index < -0.39 is 11.2 Å². The number of hydrogen-bond acceptors (Lipinski definition) is 4. The quantitative estimate of drug-likeness (QED) is 0.903. The molecule has 0 aliphatic carbocycles. The van der Waals surface area contributed by atoms with Gasteiger partial charge in [0.25, 0.3) is 11.5 Å². The Labute approximate surface area is 140 Å². The van der Waals surface area contributed by atoms with Crippen molar-refractivity contribution in [3.05, 3.63) is 38.2 Å². The normalized spacial score (nSPS) is 11.2. The lowest BCUT2D eigenvalue weighted by molar-refractivity contribution is 0.0804. The van der Waals surface area contributed by atoms with Gasteiger partial charge >= 0.3 is 5.69 Å². The van der Waals surface area contributed by atoms with E-state index in [9.17, 15) is 14.4 Å². The first-order chi connectivity index (χ1) is 11.3.